The van der Waals surface area contributed by atoms with Crippen LogP contribution in [0.5, 0.6) is 5.75 Å². The molecule has 0 aromatic heterocycles. The van der Waals surface area contributed by atoms with Crippen molar-refractivity contribution in [3.63, 3.8) is 0 Å². The topological polar surface area (TPSA) is 78.5 Å². The van der Waals surface area contributed by atoms with Crippen LogP contribution in [0.15, 0.2) is 42.5 Å². The lowest BCUT2D eigenvalue weighted by molar-refractivity contribution is -0.255. The van der Waals surface area contributed by atoms with Gasteiger partial charge in [-0.3, -0.25) is 4.79 Å². The average molecular weight is 353 g/mol. The molecule has 1 amide bonds. The van der Waals surface area contributed by atoms with Crippen LogP contribution in [0.1, 0.15) is 17.3 Å². The van der Waals surface area contributed by atoms with E-state index in [1.807, 2.05) is 0 Å². The van der Waals surface area contributed by atoms with Crippen molar-refractivity contribution in [3.8, 4) is 5.75 Å². The number of carboxylic acid groups (broad SMARTS) is 1. The number of amides is 1. The summed E-state index contributed by atoms with van der Waals surface area (Å²) in [7, 11) is 0. The number of carboxylic acids is 1. The maximum atomic E-state index is 12.1. The van der Waals surface area contributed by atoms with E-state index in [2.05, 4.69) is 5.32 Å². The van der Waals surface area contributed by atoms with Gasteiger partial charge in [0.25, 0.3) is 5.91 Å². The lowest BCUT2D eigenvalue weighted by Crippen LogP contribution is -2.30. The monoisotopic (exact) mass is 352 g/mol. The number of ether oxygens (including phenoxy) is 1. The standard InChI is InChI=1S/C16H13Cl2NO4/c1-9(23-14-7-4-11(17)8-13(14)18)15(20)19-12-5-2-10(3-6-12)16(21)22/h2-9H,1H3,(H,19,20)(H,21,22)/p-1/t9-/m0/s1. The molecule has 2 aromatic rings. The van der Waals surface area contributed by atoms with Gasteiger partial charge in [-0.25, -0.2) is 0 Å². The van der Waals surface area contributed by atoms with Crippen LogP contribution in [0.2, 0.25) is 10.0 Å². The number of nitrogens with one attached hydrogen (secondary N) is 1. The van der Waals surface area contributed by atoms with Crippen molar-refractivity contribution in [2.75, 3.05) is 5.32 Å². The fourth-order valence-electron chi connectivity index (χ4n) is 1.75. The molecular formula is C16H12Cl2NO4-. The van der Waals surface area contributed by atoms with Gasteiger partial charge in [-0.2, -0.15) is 0 Å². The van der Waals surface area contributed by atoms with Crippen molar-refractivity contribution in [2.45, 2.75) is 13.0 Å². The summed E-state index contributed by atoms with van der Waals surface area (Å²) in [5.74, 6) is -1.35. The number of aromatic carboxylic acids is 1. The van der Waals surface area contributed by atoms with E-state index in [1.165, 1.54) is 30.3 Å². The molecule has 120 valence electrons. The first-order chi connectivity index (χ1) is 10.9. The van der Waals surface area contributed by atoms with E-state index >= 15 is 0 Å². The Morgan fingerprint density at radius 3 is 2.35 bits per heavy atom. The van der Waals surface area contributed by atoms with Gasteiger partial charge in [-0.05, 0) is 42.8 Å². The molecule has 0 aliphatic rings. The number of benzene rings is 2. The van der Waals surface area contributed by atoms with Crippen LogP contribution in [0.3, 0.4) is 0 Å². The summed E-state index contributed by atoms with van der Waals surface area (Å²) < 4.78 is 5.49. The van der Waals surface area contributed by atoms with Crippen LogP contribution in [0.25, 0.3) is 0 Å². The van der Waals surface area contributed by atoms with Crippen molar-refractivity contribution < 1.29 is 19.4 Å². The molecule has 0 bridgehead atoms. The Morgan fingerprint density at radius 1 is 1.13 bits per heavy atom. The van der Waals surface area contributed by atoms with E-state index in [1.54, 1.807) is 19.1 Å². The molecule has 0 radical (unpaired) electrons. The van der Waals surface area contributed by atoms with Crippen LogP contribution in [0.4, 0.5) is 5.69 Å². The fourth-order valence-corrected chi connectivity index (χ4v) is 2.20. The molecule has 0 fully saturated rings. The molecule has 23 heavy (non-hydrogen) atoms. The highest BCUT2D eigenvalue weighted by molar-refractivity contribution is 6.35. The Bertz CT molecular complexity index is 731. The maximum Gasteiger partial charge on any atom is 0.265 e. The third kappa shape index (κ3) is 4.61. The minimum atomic E-state index is -1.28. The minimum absolute atomic E-state index is 0.0280. The SMILES string of the molecule is C[C@H](Oc1ccc(Cl)cc1Cl)C(=O)Nc1ccc(C(=O)[O-])cc1. The number of carbonyl (C=O) groups is 2. The van der Waals surface area contributed by atoms with E-state index in [4.69, 9.17) is 27.9 Å². The normalized spacial score (nSPS) is 11.6. The number of halogens is 2. The highest BCUT2D eigenvalue weighted by atomic mass is 35.5. The van der Waals surface area contributed by atoms with Crippen molar-refractivity contribution in [2.24, 2.45) is 0 Å². The molecular weight excluding hydrogens is 341 g/mol. The molecule has 5 nitrogen and oxygen atoms in total. The van der Waals surface area contributed by atoms with Gasteiger partial charge < -0.3 is 20.0 Å². The predicted octanol–water partition coefficient (Wildman–Crippen LogP) is 2.76. The summed E-state index contributed by atoms with van der Waals surface area (Å²) in [5, 5.41) is 14.0. The van der Waals surface area contributed by atoms with E-state index in [-0.39, 0.29) is 5.56 Å². The number of hydrogen-bond donors (Lipinski definition) is 1. The highest BCUT2D eigenvalue weighted by Crippen LogP contribution is 2.28. The Morgan fingerprint density at radius 2 is 1.78 bits per heavy atom. The van der Waals surface area contributed by atoms with Crippen LogP contribution in [0, 0.1) is 0 Å². The largest absolute Gasteiger partial charge is 0.545 e. The smallest absolute Gasteiger partial charge is 0.265 e. The molecule has 1 N–H and O–H groups in total. The zero-order valence-corrected chi connectivity index (χ0v) is 13.5. The van der Waals surface area contributed by atoms with Crippen LogP contribution in [-0.2, 0) is 4.79 Å². The summed E-state index contributed by atoms with van der Waals surface area (Å²) in [6.45, 7) is 1.57. The number of anilines is 1. The summed E-state index contributed by atoms with van der Waals surface area (Å²) >= 11 is 11.8. The molecule has 7 heteroatoms. The third-order valence-electron chi connectivity index (χ3n) is 2.96. The van der Waals surface area contributed by atoms with Gasteiger partial charge in [-0.15, -0.1) is 0 Å². The number of carbonyl (C=O) groups excluding carboxylic acids is 2. The highest BCUT2D eigenvalue weighted by Gasteiger charge is 2.16. The van der Waals surface area contributed by atoms with Gasteiger partial charge in [0.1, 0.15) is 5.75 Å². The molecule has 0 heterocycles. The van der Waals surface area contributed by atoms with E-state index in [0.717, 1.165) is 0 Å². The van der Waals surface area contributed by atoms with Crippen molar-refractivity contribution in [3.05, 3.63) is 58.1 Å². The zero-order chi connectivity index (χ0) is 17.0. The maximum absolute atomic E-state index is 12.1. The lowest BCUT2D eigenvalue weighted by atomic mass is 10.2. The van der Waals surface area contributed by atoms with Gasteiger partial charge in [0.2, 0.25) is 0 Å². The molecule has 0 saturated heterocycles. The summed E-state index contributed by atoms with van der Waals surface area (Å²) in [6, 6.07) is 10.3. The summed E-state index contributed by atoms with van der Waals surface area (Å²) in [5.41, 5.74) is 0.470. The van der Waals surface area contributed by atoms with Crippen LogP contribution in [-0.4, -0.2) is 18.0 Å². The van der Waals surface area contributed by atoms with Gasteiger partial charge in [0.15, 0.2) is 6.10 Å². The van der Waals surface area contributed by atoms with Crippen LogP contribution >= 0.6 is 23.2 Å². The third-order valence-corrected chi connectivity index (χ3v) is 3.49. The lowest BCUT2D eigenvalue weighted by Gasteiger charge is -2.16. The van der Waals surface area contributed by atoms with Gasteiger partial charge in [0, 0.05) is 10.7 Å². The fraction of sp³-hybridized carbons (Fsp3) is 0.125. The molecule has 0 spiro atoms. The second-order valence-corrected chi connectivity index (χ2v) is 5.53. The van der Waals surface area contributed by atoms with E-state index in [9.17, 15) is 14.7 Å². The minimum Gasteiger partial charge on any atom is -0.545 e. The number of hydrogen-bond acceptors (Lipinski definition) is 4. The van der Waals surface area contributed by atoms with Gasteiger partial charge in [-0.1, -0.05) is 35.3 Å². The zero-order valence-electron chi connectivity index (χ0n) is 12.0. The molecule has 2 rings (SSSR count). The molecule has 0 aliphatic carbocycles. The molecule has 2 aromatic carbocycles. The molecule has 0 unspecified atom stereocenters. The summed E-state index contributed by atoms with van der Waals surface area (Å²) in [4.78, 5) is 22.7. The summed E-state index contributed by atoms with van der Waals surface area (Å²) in [6.07, 6.45) is -0.811. The first-order valence-corrected chi connectivity index (χ1v) is 7.36. The van der Waals surface area contributed by atoms with E-state index < -0.39 is 18.0 Å². The van der Waals surface area contributed by atoms with Gasteiger partial charge in [0.05, 0.1) is 11.0 Å². The molecule has 0 aliphatic heterocycles. The number of rotatable bonds is 5. The Kier molecular flexibility index (Phi) is 5.47. The average Bonchev–Trinajstić information content (AvgIpc) is 2.50. The van der Waals surface area contributed by atoms with Crippen molar-refractivity contribution in [1.29, 1.82) is 0 Å². The van der Waals surface area contributed by atoms with Crippen molar-refractivity contribution in [1.82, 2.24) is 0 Å². The first kappa shape index (κ1) is 17.1. The van der Waals surface area contributed by atoms with Crippen LogP contribution < -0.4 is 15.2 Å². The predicted molar refractivity (Wildman–Crippen MR) is 86.0 cm³/mol. The molecule has 1 atom stereocenters. The Hall–Kier alpha value is -2.24. The second kappa shape index (κ2) is 7.35. The van der Waals surface area contributed by atoms with Gasteiger partial charge >= 0.3 is 0 Å². The second-order valence-electron chi connectivity index (χ2n) is 4.69. The Labute approximate surface area is 142 Å². The Balaban J connectivity index is 2.00. The molecule has 0 saturated carbocycles. The van der Waals surface area contributed by atoms with E-state index in [0.29, 0.717) is 21.5 Å². The first-order valence-electron chi connectivity index (χ1n) is 6.61. The van der Waals surface area contributed by atoms with Crippen molar-refractivity contribution >= 4 is 40.8 Å². The quantitative estimate of drug-likeness (QED) is 0.897.